The van der Waals surface area contributed by atoms with E-state index in [-0.39, 0.29) is 5.91 Å². The monoisotopic (exact) mass is 220 g/mol. The van der Waals surface area contributed by atoms with Crippen LogP contribution in [0.3, 0.4) is 0 Å². The van der Waals surface area contributed by atoms with E-state index in [4.69, 9.17) is 5.73 Å². The number of carbonyl (C=O) groups excluding carboxylic acids is 2. The summed E-state index contributed by atoms with van der Waals surface area (Å²) in [4.78, 5) is 22.1. The topological polar surface area (TPSA) is 72.2 Å². The summed E-state index contributed by atoms with van der Waals surface area (Å²) in [5.74, 6) is -0.312. The maximum absolute atomic E-state index is 11.3. The molecule has 0 saturated heterocycles. The molecule has 0 aliphatic rings. The smallest absolute Gasteiger partial charge is 0.237 e. The standard InChI is InChI=1S/C12H16N2O2/c1-9(13)12(16)14-11(8-15)7-10-5-3-2-4-6-10/h2-6,8-9,11H,7,13H2,1H3,(H,14,16)/t9?,11-/m0/s1. The first-order chi connectivity index (χ1) is 7.63. The van der Waals surface area contributed by atoms with E-state index in [9.17, 15) is 9.59 Å². The molecule has 1 aromatic rings. The van der Waals surface area contributed by atoms with E-state index in [1.807, 2.05) is 30.3 Å². The number of hydrogen-bond donors (Lipinski definition) is 2. The average molecular weight is 220 g/mol. The summed E-state index contributed by atoms with van der Waals surface area (Å²) >= 11 is 0. The Balaban J connectivity index is 2.56. The highest BCUT2D eigenvalue weighted by atomic mass is 16.2. The normalized spacial score (nSPS) is 13.9. The number of nitrogens with two attached hydrogens (primary N) is 1. The van der Waals surface area contributed by atoms with Crippen LogP contribution in [0.1, 0.15) is 12.5 Å². The van der Waals surface area contributed by atoms with Crippen LogP contribution in [0.2, 0.25) is 0 Å². The highest BCUT2D eigenvalue weighted by Gasteiger charge is 2.14. The molecule has 0 aliphatic carbocycles. The molecule has 1 unspecified atom stereocenters. The Morgan fingerprint density at radius 2 is 2.06 bits per heavy atom. The molecule has 1 rings (SSSR count). The molecule has 4 nitrogen and oxygen atoms in total. The van der Waals surface area contributed by atoms with Crippen molar-refractivity contribution in [3.05, 3.63) is 35.9 Å². The van der Waals surface area contributed by atoms with Gasteiger partial charge in [-0.25, -0.2) is 0 Å². The highest BCUT2D eigenvalue weighted by Crippen LogP contribution is 2.01. The van der Waals surface area contributed by atoms with Crippen molar-refractivity contribution in [1.29, 1.82) is 0 Å². The molecule has 16 heavy (non-hydrogen) atoms. The number of aldehydes is 1. The average Bonchev–Trinajstić information content (AvgIpc) is 2.29. The molecular formula is C12H16N2O2. The number of amides is 1. The predicted octanol–water partition coefficient (Wildman–Crippen LogP) is 0.260. The van der Waals surface area contributed by atoms with Crippen LogP contribution in [0.4, 0.5) is 0 Å². The third kappa shape index (κ3) is 3.82. The van der Waals surface area contributed by atoms with Crippen LogP contribution in [0.15, 0.2) is 30.3 Å². The Labute approximate surface area is 94.8 Å². The van der Waals surface area contributed by atoms with Crippen LogP contribution in [0, 0.1) is 0 Å². The van der Waals surface area contributed by atoms with E-state index in [1.165, 1.54) is 0 Å². The largest absolute Gasteiger partial charge is 0.345 e. The maximum Gasteiger partial charge on any atom is 0.237 e. The van der Waals surface area contributed by atoms with Crippen LogP contribution in [-0.4, -0.2) is 24.3 Å². The number of carbonyl (C=O) groups is 2. The molecule has 0 bridgehead atoms. The quantitative estimate of drug-likeness (QED) is 0.699. The zero-order valence-electron chi connectivity index (χ0n) is 9.22. The van der Waals surface area contributed by atoms with Gasteiger partial charge >= 0.3 is 0 Å². The molecule has 3 N–H and O–H groups in total. The van der Waals surface area contributed by atoms with Gasteiger partial charge in [-0.1, -0.05) is 30.3 Å². The lowest BCUT2D eigenvalue weighted by molar-refractivity contribution is -0.124. The van der Waals surface area contributed by atoms with E-state index >= 15 is 0 Å². The highest BCUT2D eigenvalue weighted by molar-refractivity contribution is 5.83. The predicted molar refractivity (Wildman–Crippen MR) is 61.8 cm³/mol. The molecule has 86 valence electrons. The number of nitrogens with one attached hydrogen (secondary N) is 1. The molecule has 0 saturated carbocycles. The Morgan fingerprint density at radius 3 is 2.56 bits per heavy atom. The molecule has 0 heterocycles. The molecular weight excluding hydrogens is 204 g/mol. The van der Waals surface area contributed by atoms with Gasteiger partial charge in [0.15, 0.2) is 0 Å². The van der Waals surface area contributed by atoms with Crippen molar-refractivity contribution in [2.24, 2.45) is 5.73 Å². The first kappa shape index (κ1) is 12.4. The van der Waals surface area contributed by atoms with Crippen LogP contribution < -0.4 is 11.1 Å². The van der Waals surface area contributed by atoms with Crippen molar-refractivity contribution in [2.75, 3.05) is 0 Å². The van der Waals surface area contributed by atoms with Gasteiger partial charge in [0.2, 0.25) is 5.91 Å². The fraction of sp³-hybridized carbons (Fsp3) is 0.333. The molecule has 0 aliphatic heterocycles. The van der Waals surface area contributed by atoms with Crippen LogP contribution in [0.5, 0.6) is 0 Å². The van der Waals surface area contributed by atoms with E-state index in [0.29, 0.717) is 6.42 Å². The SMILES string of the molecule is CC(N)C(=O)N[C@H](C=O)Cc1ccccc1. The summed E-state index contributed by atoms with van der Waals surface area (Å²) < 4.78 is 0. The second-order valence-corrected chi connectivity index (χ2v) is 3.73. The van der Waals surface area contributed by atoms with Crippen LogP contribution in [-0.2, 0) is 16.0 Å². The fourth-order valence-electron chi connectivity index (χ4n) is 1.32. The van der Waals surface area contributed by atoms with Crippen molar-refractivity contribution in [1.82, 2.24) is 5.32 Å². The maximum atomic E-state index is 11.3. The van der Waals surface area contributed by atoms with Crippen molar-refractivity contribution in [2.45, 2.75) is 25.4 Å². The minimum atomic E-state index is -0.599. The van der Waals surface area contributed by atoms with E-state index in [0.717, 1.165) is 11.8 Å². The van der Waals surface area contributed by atoms with Crippen LogP contribution >= 0.6 is 0 Å². The number of rotatable bonds is 5. The molecule has 1 aromatic carbocycles. The summed E-state index contributed by atoms with van der Waals surface area (Å²) in [5.41, 5.74) is 6.41. The second kappa shape index (κ2) is 6.02. The Bertz CT molecular complexity index is 349. The van der Waals surface area contributed by atoms with E-state index in [1.54, 1.807) is 6.92 Å². The van der Waals surface area contributed by atoms with Gasteiger partial charge in [-0.05, 0) is 18.9 Å². The summed E-state index contributed by atoms with van der Waals surface area (Å²) in [5, 5.41) is 2.58. The minimum absolute atomic E-state index is 0.312. The second-order valence-electron chi connectivity index (χ2n) is 3.73. The van der Waals surface area contributed by atoms with Crippen molar-refractivity contribution in [3.63, 3.8) is 0 Å². The van der Waals surface area contributed by atoms with Crippen molar-refractivity contribution < 1.29 is 9.59 Å². The first-order valence-corrected chi connectivity index (χ1v) is 5.18. The van der Waals surface area contributed by atoms with Gasteiger partial charge in [-0.2, -0.15) is 0 Å². The van der Waals surface area contributed by atoms with Gasteiger partial charge in [-0.15, -0.1) is 0 Å². The van der Waals surface area contributed by atoms with Crippen molar-refractivity contribution >= 4 is 12.2 Å². The molecule has 0 fully saturated rings. The number of benzene rings is 1. The van der Waals surface area contributed by atoms with Gasteiger partial charge in [0.1, 0.15) is 6.29 Å². The summed E-state index contributed by atoms with van der Waals surface area (Å²) in [7, 11) is 0. The third-order valence-electron chi connectivity index (χ3n) is 2.20. The van der Waals surface area contributed by atoms with E-state index in [2.05, 4.69) is 5.32 Å². The van der Waals surface area contributed by atoms with Gasteiger partial charge in [0, 0.05) is 0 Å². The van der Waals surface area contributed by atoms with Gasteiger partial charge in [0.05, 0.1) is 12.1 Å². The summed E-state index contributed by atoms with van der Waals surface area (Å²) in [6.07, 6.45) is 1.22. The fourth-order valence-corrected chi connectivity index (χ4v) is 1.32. The lowest BCUT2D eigenvalue weighted by Crippen LogP contribution is -2.45. The molecule has 2 atom stereocenters. The van der Waals surface area contributed by atoms with Gasteiger partial charge in [-0.3, -0.25) is 4.79 Å². The first-order valence-electron chi connectivity index (χ1n) is 5.18. The lowest BCUT2D eigenvalue weighted by atomic mass is 10.1. The Hall–Kier alpha value is -1.68. The van der Waals surface area contributed by atoms with Crippen molar-refractivity contribution in [3.8, 4) is 0 Å². The molecule has 0 radical (unpaired) electrons. The zero-order chi connectivity index (χ0) is 12.0. The van der Waals surface area contributed by atoms with Gasteiger partial charge in [0.25, 0.3) is 0 Å². The molecule has 1 amide bonds. The lowest BCUT2D eigenvalue weighted by Gasteiger charge is -2.14. The number of hydrogen-bond acceptors (Lipinski definition) is 3. The molecule has 0 spiro atoms. The molecule has 4 heteroatoms. The van der Waals surface area contributed by atoms with Gasteiger partial charge < -0.3 is 15.8 Å². The zero-order valence-corrected chi connectivity index (χ0v) is 9.22. The minimum Gasteiger partial charge on any atom is -0.345 e. The Morgan fingerprint density at radius 1 is 1.44 bits per heavy atom. The Kier molecular flexibility index (Phi) is 4.66. The molecule has 0 aromatic heterocycles. The van der Waals surface area contributed by atoms with Crippen LogP contribution in [0.25, 0.3) is 0 Å². The summed E-state index contributed by atoms with van der Waals surface area (Å²) in [6.45, 7) is 1.58. The summed E-state index contributed by atoms with van der Waals surface area (Å²) in [6, 6.07) is 8.40. The third-order valence-corrected chi connectivity index (χ3v) is 2.20. The van der Waals surface area contributed by atoms with E-state index < -0.39 is 12.1 Å².